The molecule has 3 heteroatoms. The van der Waals surface area contributed by atoms with Crippen LogP contribution in [0.25, 0.3) is 0 Å². The molecular weight excluding hydrogens is 388 g/mol. The van der Waals surface area contributed by atoms with Crippen molar-refractivity contribution < 1.29 is 16.8 Å². The predicted molar refractivity (Wildman–Crippen MR) is 76.4 cm³/mol. The molecule has 0 saturated carbocycles. The van der Waals surface area contributed by atoms with Crippen LogP contribution in [0.1, 0.15) is 55.4 Å². The second kappa shape index (κ2) is 8.42. The minimum atomic E-state index is -0.126. The Balaban J connectivity index is 4.76. The van der Waals surface area contributed by atoms with Gasteiger partial charge in [0.25, 0.3) is 0 Å². The molecule has 0 N–H and O–H groups in total. The Bertz CT molecular complexity index is 223. The second-order valence-electron chi connectivity index (χ2n) is 5.55. The fourth-order valence-corrected chi connectivity index (χ4v) is 5.57. The molecular formula is C14H30IrN2. The standard InChI is InChI=1S/2C7H15N.Ir/c2*1-6(2)8(5)7(3)4;/h2*5-7H,1-4H3;. The molecule has 0 atom stereocenters. The Hall–Kier alpha value is 0.309. The van der Waals surface area contributed by atoms with Crippen LogP contribution in [0.2, 0.25) is 0 Å². The van der Waals surface area contributed by atoms with Gasteiger partial charge in [0.2, 0.25) is 0 Å². The summed E-state index contributed by atoms with van der Waals surface area (Å²) in [6, 6.07) is 2.44. The second-order valence-corrected chi connectivity index (χ2v) is 7.59. The molecule has 0 bridgehead atoms. The summed E-state index contributed by atoms with van der Waals surface area (Å²) < 4.78 is 4.90. The fraction of sp³-hybridized carbons (Fsp3) is 0.857. The summed E-state index contributed by atoms with van der Waals surface area (Å²) in [6.45, 7) is 18.2. The summed E-state index contributed by atoms with van der Waals surface area (Å²) in [5.41, 5.74) is 0. The van der Waals surface area contributed by atoms with Crippen molar-refractivity contribution in [3.8, 4) is 0 Å². The van der Waals surface area contributed by atoms with E-state index in [1.807, 2.05) is 0 Å². The van der Waals surface area contributed by atoms with Gasteiger partial charge in [0.1, 0.15) is 0 Å². The van der Waals surface area contributed by atoms with E-state index in [-0.39, 0.29) is 16.8 Å². The summed E-state index contributed by atoms with van der Waals surface area (Å²) in [6.07, 6.45) is 0. The van der Waals surface area contributed by atoms with Gasteiger partial charge in [-0.2, -0.15) is 0 Å². The zero-order chi connectivity index (χ0) is 13.6. The van der Waals surface area contributed by atoms with Gasteiger partial charge >= 0.3 is 115 Å². The maximum atomic E-state index is 2.48. The van der Waals surface area contributed by atoms with E-state index in [0.717, 1.165) is 0 Å². The zero-order valence-electron chi connectivity index (χ0n) is 12.7. The van der Waals surface area contributed by atoms with Crippen LogP contribution in [-0.4, -0.2) is 43.3 Å². The fourth-order valence-electron chi connectivity index (χ4n) is 1.73. The molecule has 0 aliphatic rings. The average Bonchev–Trinajstić information content (AvgIpc) is 2.14. The third-order valence-electron chi connectivity index (χ3n) is 2.68. The molecule has 0 aromatic carbocycles. The van der Waals surface area contributed by atoms with Gasteiger partial charge in [-0.25, -0.2) is 0 Å². The van der Waals surface area contributed by atoms with Gasteiger partial charge in [0.15, 0.2) is 0 Å². The number of nitrogens with zero attached hydrogens (tertiary/aromatic N) is 2. The third kappa shape index (κ3) is 6.71. The summed E-state index contributed by atoms with van der Waals surface area (Å²) in [4.78, 5) is 4.96. The molecule has 0 aliphatic carbocycles. The third-order valence-corrected chi connectivity index (χ3v) is 4.83. The summed E-state index contributed by atoms with van der Waals surface area (Å²) in [7, 11) is 0. The van der Waals surface area contributed by atoms with Crippen molar-refractivity contribution in [3.63, 3.8) is 0 Å². The Morgan fingerprint density at radius 2 is 0.824 bits per heavy atom. The first-order valence-electron chi connectivity index (χ1n) is 6.55. The van der Waals surface area contributed by atoms with Crippen LogP contribution >= 0.6 is 0 Å². The maximum absolute atomic E-state index is 2.48. The minimum absolute atomic E-state index is 0.126. The van der Waals surface area contributed by atoms with Crippen LogP contribution in [0.5, 0.6) is 0 Å². The molecule has 105 valence electrons. The molecule has 0 spiro atoms. The number of hydrogen-bond acceptors (Lipinski definition) is 2. The molecule has 0 unspecified atom stereocenters. The van der Waals surface area contributed by atoms with Gasteiger partial charge in [0.05, 0.1) is 0 Å². The van der Waals surface area contributed by atoms with Gasteiger partial charge < -0.3 is 0 Å². The molecule has 0 aliphatic heterocycles. The van der Waals surface area contributed by atoms with Crippen LogP contribution in [0.4, 0.5) is 0 Å². The van der Waals surface area contributed by atoms with E-state index in [2.05, 4.69) is 74.5 Å². The summed E-state index contributed by atoms with van der Waals surface area (Å²) >= 11 is -0.126. The molecule has 0 fully saturated rings. The first kappa shape index (κ1) is 17.3. The van der Waals surface area contributed by atoms with Gasteiger partial charge in [-0.05, 0) is 0 Å². The first-order chi connectivity index (χ1) is 7.77. The normalized spacial score (nSPS) is 12.6. The van der Waals surface area contributed by atoms with Crippen LogP contribution in [0.15, 0.2) is 0 Å². The number of hydrogen-bond donors (Lipinski definition) is 0. The molecule has 0 radical (unpaired) electrons. The van der Waals surface area contributed by atoms with Crippen molar-refractivity contribution >= 4 is 9.30 Å². The van der Waals surface area contributed by atoms with Crippen molar-refractivity contribution in [2.75, 3.05) is 0 Å². The van der Waals surface area contributed by atoms with Crippen molar-refractivity contribution in [2.45, 2.75) is 79.6 Å². The van der Waals surface area contributed by atoms with Gasteiger partial charge in [-0.3, -0.25) is 0 Å². The topological polar surface area (TPSA) is 6.48 Å². The van der Waals surface area contributed by atoms with Gasteiger partial charge in [0, 0.05) is 0 Å². The molecule has 0 rings (SSSR count). The number of rotatable bonds is 6. The SMILES string of the molecule is CC(C)N([CH]=[Ir]=[CH]N(C(C)C)C(C)C)C(C)C. The van der Waals surface area contributed by atoms with Crippen LogP contribution in [0, 0.1) is 0 Å². The zero-order valence-corrected chi connectivity index (χ0v) is 15.1. The Morgan fingerprint density at radius 3 is 1.00 bits per heavy atom. The first-order valence-corrected chi connectivity index (χ1v) is 9.32. The summed E-state index contributed by atoms with van der Waals surface area (Å²) in [5.74, 6) is 0. The van der Waals surface area contributed by atoms with Crippen LogP contribution in [0.3, 0.4) is 0 Å². The Kier molecular flexibility index (Phi) is 8.57. The van der Waals surface area contributed by atoms with E-state index in [1.165, 1.54) is 0 Å². The van der Waals surface area contributed by atoms with E-state index < -0.39 is 0 Å². The Morgan fingerprint density at radius 1 is 0.588 bits per heavy atom. The van der Waals surface area contributed by atoms with Crippen molar-refractivity contribution in [3.05, 3.63) is 0 Å². The molecule has 0 amide bonds. The van der Waals surface area contributed by atoms with E-state index in [0.29, 0.717) is 24.2 Å². The Labute approximate surface area is 115 Å². The molecule has 0 saturated heterocycles. The van der Waals surface area contributed by atoms with Crippen molar-refractivity contribution in [2.24, 2.45) is 0 Å². The van der Waals surface area contributed by atoms with E-state index in [1.54, 1.807) is 0 Å². The molecule has 2 nitrogen and oxygen atoms in total. The average molecular weight is 419 g/mol. The molecule has 0 aromatic heterocycles. The molecule has 0 heterocycles. The van der Waals surface area contributed by atoms with Crippen LogP contribution < -0.4 is 0 Å². The van der Waals surface area contributed by atoms with Gasteiger partial charge in [-0.1, -0.05) is 0 Å². The van der Waals surface area contributed by atoms with E-state index in [9.17, 15) is 0 Å². The van der Waals surface area contributed by atoms with Gasteiger partial charge in [-0.15, -0.1) is 0 Å². The summed E-state index contributed by atoms with van der Waals surface area (Å²) in [5, 5.41) is 0. The van der Waals surface area contributed by atoms with Crippen molar-refractivity contribution in [1.29, 1.82) is 0 Å². The predicted octanol–water partition coefficient (Wildman–Crippen LogP) is 2.83. The van der Waals surface area contributed by atoms with E-state index in [4.69, 9.17) is 0 Å². The van der Waals surface area contributed by atoms with Crippen molar-refractivity contribution in [1.82, 2.24) is 9.80 Å². The van der Waals surface area contributed by atoms with Crippen LogP contribution in [-0.2, 0) is 16.8 Å². The molecule has 17 heavy (non-hydrogen) atoms. The van der Waals surface area contributed by atoms with E-state index >= 15 is 0 Å². The monoisotopic (exact) mass is 419 g/mol. The quantitative estimate of drug-likeness (QED) is 0.655. The molecule has 0 aromatic rings.